The molecule has 0 unspecified atom stereocenters. The number of rotatable bonds is 41. The van der Waals surface area contributed by atoms with Gasteiger partial charge in [-0.05, 0) is 122 Å². The summed E-state index contributed by atoms with van der Waals surface area (Å²) in [5, 5.41) is 40.9. The van der Waals surface area contributed by atoms with E-state index in [-0.39, 0.29) is 76.0 Å². The zero-order valence-corrected chi connectivity index (χ0v) is 45.6. The zero-order chi connectivity index (χ0) is 58.8. The molecule has 0 heterocycles. The van der Waals surface area contributed by atoms with Crippen molar-refractivity contribution in [3.8, 4) is 0 Å². The molecule has 0 rings (SSSR count). The van der Waals surface area contributed by atoms with Gasteiger partial charge in [0.05, 0.1) is 19.0 Å². The summed E-state index contributed by atoms with van der Waals surface area (Å²) in [6, 6.07) is -11.3. The van der Waals surface area contributed by atoms with Crippen molar-refractivity contribution in [3.05, 3.63) is 0 Å². The summed E-state index contributed by atoms with van der Waals surface area (Å²) in [7, 11) is 0. The van der Waals surface area contributed by atoms with Crippen molar-refractivity contribution in [2.24, 2.45) is 51.2 Å². The van der Waals surface area contributed by atoms with Crippen LogP contribution in [0.3, 0.4) is 0 Å². The maximum Gasteiger partial charge on any atom is 0.326 e. The number of carbonyl (C=O) groups excluding carboxylic acids is 9. The van der Waals surface area contributed by atoms with Gasteiger partial charge in [-0.2, -0.15) is 0 Å². The van der Waals surface area contributed by atoms with Crippen LogP contribution in [0.1, 0.15) is 131 Å². The van der Waals surface area contributed by atoms with Crippen LogP contribution in [-0.4, -0.2) is 168 Å². The van der Waals surface area contributed by atoms with Crippen LogP contribution in [0.4, 0.5) is 0 Å². The van der Waals surface area contributed by atoms with Gasteiger partial charge in [0.1, 0.15) is 48.3 Å². The van der Waals surface area contributed by atoms with Gasteiger partial charge in [-0.1, -0.05) is 34.1 Å². The van der Waals surface area contributed by atoms with Gasteiger partial charge >= 0.3 is 11.9 Å². The van der Waals surface area contributed by atoms with Crippen molar-refractivity contribution in [3.63, 3.8) is 0 Å². The summed E-state index contributed by atoms with van der Waals surface area (Å²) < 4.78 is 0. The first-order valence-corrected chi connectivity index (χ1v) is 26.2. The van der Waals surface area contributed by atoms with Crippen LogP contribution >= 0.6 is 0 Å². The molecule has 77 heavy (non-hydrogen) atoms. The lowest BCUT2D eigenvalue weighted by Gasteiger charge is -2.27. The lowest BCUT2D eigenvalue weighted by molar-refractivity contribution is -0.147. The fourth-order valence-electron chi connectivity index (χ4n) is 7.43. The minimum absolute atomic E-state index is 0.0195. The third-order valence-electron chi connectivity index (χ3n) is 11.7. The number of unbranched alkanes of at least 4 members (excludes halogenated alkanes) is 3. The first-order valence-electron chi connectivity index (χ1n) is 26.2. The van der Waals surface area contributed by atoms with Gasteiger partial charge in [0.2, 0.25) is 53.2 Å². The number of guanidine groups is 1. The Bertz CT molecular complexity index is 1960. The second-order valence-corrected chi connectivity index (χ2v) is 19.7. The van der Waals surface area contributed by atoms with Gasteiger partial charge < -0.3 is 92.5 Å². The van der Waals surface area contributed by atoms with E-state index in [0.717, 1.165) is 0 Å². The van der Waals surface area contributed by atoms with Crippen LogP contribution in [-0.2, 0) is 52.7 Å². The summed E-state index contributed by atoms with van der Waals surface area (Å²) in [5.41, 5.74) is 33.8. The Kier molecular flexibility index (Phi) is 35.4. The molecule has 29 heteroatoms. The van der Waals surface area contributed by atoms with Crippen molar-refractivity contribution in [1.82, 2.24) is 47.9 Å². The van der Waals surface area contributed by atoms with Gasteiger partial charge in [-0.15, -0.1) is 0 Å². The number of hydrogen-bond donors (Lipinski definition) is 17. The fraction of sp³-hybridized carbons (Fsp3) is 0.750. The SMILES string of the molecule is CC(C)C[C@H](NC(=O)[C@H](CCCCN)NC(=O)[C@H](C)NC(=O)[C@H](CC(C)C)NC(=O)[C@@H](N)CCCCN)C(=O)N[C@@H](C)C(=O)N[C@@H](CCCCN)C(=O)N[C@@H](CCCN=C(N)N)C(=O)NCC(=O)N[C@@H](CC(=O)O)C(=O)O. The molecule has 0 aliphatic rings. The highest BCUT2D eigenvalue weighted by molar-refractivity contribution is 5.98. The molecule has 0 aromatic heterocycles. The number of carboxylic acid groups (broad SMARTS) is 2. The molecule has 29 nitrogen and oxygen atoms in total. The lowest BCUT2D eigenvalue weighted by atomic mass is 10.0. The summed E-state index contributed by atoms with van der Waals surface area (Å²) in [5.74, 6) is -10.6. The molecule has 23 N–H and O–H groups in total. The van der Waals surface area contributed by atoms with E-state index in [0.29, 0.717) is 51.5 Å². The molecule has 0 radical (unpaired) electrons. The first-order chi connectivity index (χ1) is 36.2. The standard InChI is InChI=1S/C48H90N16O13/c1-26(2)22-34(63-41(70)30(52)14-7-10-18-49)45(74)57-28(5)40(69)61-33(16-9-12-20-51)44(73)64-35(23-27(3)4)46(75)58-29(6)39(68)60-32(15-8-11-19-50)43(72)62-31(17-13-21-55-48(53)54)42(71)56-25-37(65)59-36(47(76)77)24-38(66)67/h26-36H,7-25,49-52H2,1-6H3,(H,56,71)(H,57,74)(H,58,75)(H,59,65)(H,60,68)(H,61,69)(H,62,72)(H,63,70)(H,64,73)(H,66,67)(H,76,77)(H4,53,54,55)/t28-,29-,30-,31-,32-,33-,34-,35-,36-/m0/s1. The van der Waals surface area contributed by atoms with Crippen LogP contribution < -0.4 is 82.3 Å². The number of aliphatic imine (C=N–C) groups is 1. The molecule has 0 fully saturated rings. The van der Waals surface area contributed by atoms with Crippen molar-refractivity contribution >= 4 is 71.1 Å². The van der Waals surface area contributed by atoms with Crippen molar-refractivity contribution < 1.29 is 63.0 Å². The minimum Gasteiger partial charge on any atom is -0.481 e. The highest BCUT2D eigenvalue weighted by atomic mass is 16.4. The van der Waals surface area contributed by atoms with Gasteiger partial charge in [0, 0.05) is 6.54 Å². The molecule has 0 aliphatic heterocycles. The average molecular weight is 1100 g/mol. The molecular weight excluding hydrogens is 1010 g/mol. The monoisotopic (exact) mass is 1100 g/mol. The smallest absolute Gasteiger partial charge is 0.326 e. The molecule has 0 saturated heterocycles. The van der Waals surface area contributed by atoms with E-state index in [1.54, 1.807) is 13.8 Å². The Hall–Kier alpha value is -6.72. The Morgan fingerprint density at radius 3 is 1.22 bits per heavy atom. The van der Waals surface area contributed by atoms with Crippen molar-refractivity contribution in [2.75, 3.05) is 32.7 Å². The van der Waals surface area contributed by atoms with Gasteiger partial charge in [0.25, 0.3) is 0 Å². The molecule has 0 aliphatic carbocycles. The van der Waals surface area contributed by atoms with Gasteiger partial charge in [-0.25, -0.2) is 4.79 Å². The number of hydrogen-bond acceptors (Lipinski definition) is 16. The van der Waals surface area contributed by atoms with E-state index in [2.05, 4.69) is 47.5 Å². The molecule has 9 atom stereocenters. The van der Waals surface area contributed by atoms with Crippen molar-refractivity contribution in [1.29, 1.82) is 0 Å². The molecule has 0 saturated carbocycles. The minimum atomic E-state index is -1.79. The molecule has 0 aromatic carbocycles. The second-order valence-electron chi connectivity index (χ2n) is 19.7. The van der Waals surface area contributed by atoms with Crippen LogP contribution in [0, 0.1) is 11.8 Å². The third-order valence-corrected chi connectivity index (χ3v) is 11.7. The Balaban J connectivity index is 6.29. The third kappa shape index (κ3) is 31.2. The summed E-state index contributed by atoms with van der Waals surface area (Å²) in [6.07, 6.45) is 2.87. The Labute approximate surface area is 450 Å². The second kappa shape index (κ2) is 38.8. The predicted octanol–water partition coefficient (Wildman–Crippen LogP) is -4.56. The van der Waals surface area contributed by atoms with E-state index in [9.17, 15) is 57.8 Å². The predicted molar refractivity (Wildman–Crippen MR) is 285 cm³/mol. The zero-order valence-electron chi connectivity index (χ0n) is 45.6. The maximum atomic E-state index is 14.0. The van der Waals surface area contributed by atoms with Crippen LogP contribution in [0.15, 0.2) is 4.99 Å². The number of amides is 9. The summed E-state index contributed by atoms with van der Waals surface area (Å²) in [6.45, 7) is 10.3. The lowest BCUT2D eigenvalue weighted by Crippen LogP contribution is -2.59. The molecule has 0 bridgehead atoms. The number of nitrogens with one attached hydrogen (secondary N) is 9. The quantitative estimate of drug-likeness (QED) is 0.0156. The van der Waals surface area contributed by atoms with Gasteiger partial charge in [-0.3, -0.25) is 52.9 Å². The van der Waals surface area contributed by atoms with E-state index in [4.69, 9.17) is 39.5 Å². The van der Waals surface area contributed by atoms with E-state index >= 15 is 0 Å². The average Bonchev–Trinajstić information content (AvgIpc) is 3.34. The van der Waals surface area contributed by atoms with E-state index in [1.807, 2.05) is 19.2 Å². The number of nitrogens with two attached hydrogens (primary N) is 6. The summed E-state index contributed by atoms with van der Waals surface area (Å²) >= 11 is 0. The molecular formula is C48H90N16O13. The van der Waals surface area contributed by atoms with Crippen LogP contribution in [0.25, 0.3) is 0 Å². The highest BCUT2D eigenvalue weighted by Crippen LogP contribution is 2.11. The van der Waals surface area contributed by atoms with Crippen molar-refractivity contribution in [2.45, 2.75) is 186 Å². The normalized spacial score (nSPS) is 14.6. The topological polar surface area (TPSA) is 505 Å². The first kappa shape index (κ1) is 70.3. The largest absolute Gasteiger partial charge is 0.481 e. The molecule has 9 amide bonds. The number of nitrogens with zero attached hydrogens (tertiary/aromatic N) is 1. The van der Waals surface area contributed by atoms with Crippen LogP contribution in [0.2, 0.25) is 0 Å². The number of carboxylic acids is 2. The number of aliphatic carboxylic acids is 2. The van der Waals surface area contributed by atoms with Crippen LogP contribution in [0.5, 0.6) is 0 Å². The highest BCUT2D eigenvalue weighted by Gasteiger charge is 2.34. The fourth-order valence-corrected chi connectivity index (χ4v) is 7.43. The Morgan fingerprint density at radius 1 is 0.442 bits per heavy atom. The Morgan fingerprint density at radius 2 is 0.818 bits per heavy atom. The summed E-state index contributed by atoms with van der Waals surface area (Å²) in [4.78, 5) is 148. The van der Waals surface area contributed by atoms with E-state index in [1.165, 1.54) is 13.8 Å². The van der Waals surface area contributed by atoms with E-state index < -0.39 is 132 Å². The number of carbonyl (C=O) groups is 11. The molecule has 0 aromatic rings. The van der Waals surface area contributed by atoms with Gasteiger partial charge in [0.15, 0.2) is 5.96 Å². The molecule has 440 valence electrons. The molecule has 0 spiro atoms. The maximum absolute atomic E-state index is 14.0.